The lowest BCUT2D eigenvalue weighted by atomic mass is 9.99. The number of amides is 2. The van der Waals surface area contributed by atoms with Crippen LogP contribution in [0.25, 0.3) is 0 Å². The Kier molecular flexibility index (Phi) is 5.90. The molecule has 0 aliphatic carbocycles. The van der Waals surface area contributed by atoms with Gasteiger partial charge in [-0.25, -0.2) is 0 Å². The van der Waals surface area contributed by atoms with Gasteiger partial charge < -0.3 is 11.5 Å². The molecule has 0 fully saturated rings. The van der Waals surface area contributed by atoms with Crippen LogP contribution >= 0.6 is 0 Å². The van der Waals surface area contributed by atoms with E-state index < -0.39 is 11.8 Å². The molecule has 0 unspecified atom stereocenters. The summed E-state index contributed by atoms with van der Waals surface area (Å²) in [4.78, 5) is 22.1. The van der Waals surface area contributed by atoms with Gasteiger partial charge in [-0.3, -0.25) is 9.59 Å². The summed E-state index contributed by atoms with van der Waals surface area (Å²) in [6, 6.07) is 16.1. The summed E-state index contributed by atoms with van der Waals surface area (Å²) in [5, 5.41) is 0. The average molecular weight is 334 g/mol. The largest absolute Gasteiger partial charge is 0.366 e. The molecule has 25 heavy (non-hydrogen) atoms. The van der Waals surface area contributed by atoms with Crippen LogP contribution in [0.15, 0.2) is 72.8 Å². The van der Waals surface area contributed by atoms with Gasteiger partial charge in [-0.2, -0.15) is 0 Å². The third kappa shape index (κ3) is 5.46. The molecular weight excluding hydrogens is 312 g/mol. The molecule has 2 aromatic rings. The number of hydrogen-bond donors (Lipinski definition) is 2. The average Bonchev–Trinajstić information content (AvgIpc) is 2.58. The van der Waals surface area contributed by atoms with Crippen LogP contribution in [0.1, 0.15) is 22.3 Å². The van der Waals surface area contributed by atoms with Crippen LogP contribution in [0.3, 0.4) is 0 Å². The van der Waals surface area contributed by atoms with Gasteiger partial charge in [0, 0.05) is 24.0 Å². The van der Waals surface area contributed by atoms with E-state index in [4.69, 9.17) is 11.5 Å². The van der Waals surface area contributed by atoms with Crippen molar-refractivity contribution >= 4 is 11.8 Å². The van der Waals surface area contributed by atoms with E-state index in [0.29, 0.717) is 24.0 Å². The predicted molar refractivity (Wildman–Crippen MR) is 99.8 cm³/mol. The monoisotopic (exact) mass is 334 g/mol. The van der Waals surface area contributed by atoms with Gasteiger partial charge in [0.15, 0.2) is 0 Å². The van der Waals surface area contributed by atoms with Crippen molar-refractivity contribution in [1.29, 1.82) is 0 Å². The summed E-state index contributed by atoms with van der Waals surface area (Å²) in [7, 11) is 0. The van der Waals surface area contributed by atoms with Crippen molar-refractivity contribution in [3.8, 4) is 0 Å². The summed E-state index contributed by atoms with van der Waals surface area (Å²) in [5.41, 5.74) is 15.6. The van der Waals surface area contributed by atoms with Crippen molar-refractivity contribution < 1.29 is 9.59 Å². The maximum Gasteiger partial charge on any atom is 0.244 e. The minimum Gasteiger partial charge on any atom is -0.366 e. The summed E-state index contributed by atoms with van der Waals surface area (Å²) < 4.78 is 0. The van der Waals surface area contributed by atoms with Crippen molar-refractivity contribution in [1.82, 2.24) is 0 Å². The molecule has 2 rings (SSSR count). The van der Waals surface area contributed by atoms with E-state index in [2.05, 4.69) is 13.2 Å². The molecule has 0 radical (unpaired) electrons. The zero-order valence-electron chi connectivity index (χ0n) is 14.1. The molecule has 0 heterocycles. The normalized spacial score (nSPS) is 10.2. The van der Waals surface area contributed by atoms with Crippen LogP contribution < -0.4 is 11.5 Å². The maximum absolute atomic E-state index is 11.0. The van der Waals surface area contributed by atoms with Gasteiger partial charge in [-0.05, 0) is 28.7 Å². The van der Waals surface area contributed by atoms with Crippen LogP contribution in [0.5, 0.6) is 0 Å². The predicted octanol–water partition coefficient (Wildman–Crippen LogP) is 2.45. The molecule has 2 aromatic carbocycles. The fraction of sp³-hybridized carbons (Fsp3) is 0.143. The number of benzene rings is 2. The summed E-state index contributed by atoms with van der Waals surface area (Å²) in [5.74, 6) is -0.939. The van der Waals surface area contributed by atoms with Crippen LogP contribution in [-0.2, 0) is 28.9 Å². The van der Waals surface area contributed by atoms with Crippen LogP contribution in [0, 0.1) is 0 Å². The van der Waals surface area contributed by atoms with E-state index in [1.165, 1.54) is 11.1 Å². The third-order valence-corrected chi connectivity index (χ3v) is 3.99. The molecule has 0 aliphatic heterocycles. The number of nitrogens with two attached hydrogens (primary N) is 2. The molecule has 0 bridgehead atoms. The molecule has 0 saturated heterocycles. The van der Waals surface area contributed by atoms with E-state index in [9.17, 15) is 9.59 Å². The molecule has 4 heteroatoms. The van der Waals surface area contributed by atoms with Crippen molar-refractivity contribution in [2.24, 2.45) is 11.5 Å². The van der Waals surface area contributed by atoms with E-state index in [-0.39, 0.29) is 0 Å². The fourth-order valence-corrected chi connectivity index (χ4v) is 2.45. The van der Waals surface area contributed by atoms with Crippen molar-refractivity contribution in [2.75, 3.05) is 0 Å². The lowest BCUT2D eigenvalue weighted by molar-refractivity contribution is -0.115. The maximum atomic E-state index is 11.0. The molecule has 128 valence electrons. The van der Waals surface area contributed by atoms with E-state index in [0.717, 1.165) is 17.5 Å². The summed E-state index contributed by atoms with van der Waals surface area (Å²) >= 11 is 0. The van der Waals surface area contributed by atoms with E-state index >= 15 is 0 Å². The summed E-state index contributed by atoms with van der Waals surface area (Å²) in [6.45, 7) is 7.34. The Hall–Kier alpha value is -3.14. The van der Waals surface area contributed by atoms with E-state index in [1.54, 1.807) is 0 Å². The fourth-order valence-electron chi connectivity index (χ4n) is 2.45. The van der Waals surface area contributed by atoms with Gasteiger partial charge in [-0.15, -0.1) is 0 Å². The van der Waals surface area contributed by atoms with Gasteiger partial charge in [0.2, 0.25) is 11.8 Å². The van der Waals surface area contributed by atoms with Crippen LogP contribution in [0.4, 0.5) is 0 Å². The number of primary amides is 2. The van der Waals surface area contributed by atoms with Crippen molar-refractivity contribution in [3.05, 3.63) is 95.1 Å². The highest BCUT2D eigenvalue weighted by Crippen LogP contribution is 2.15. The first-order valence-electron chi connectivity index (χ1n) is 7.96. The van der Waals surface area contributed by atoms with E-state index in [1.807, 2.05) is 48.5 Å². The first-order valence-corrected chi connectivity index (χ1v) is 7.96. The molecule has 0 aliphatic rings. The molecule has 4 nitrogen and oxygen atoms in total. The first kappa shape index (κ1) is 18.2. The topological polar surface area (TPSA) is 86.2 Å². The second-order valence-electron chi connectivity index (χ2n) is 6.10. The molecule has 0 aromatic heterocycles. The highest BCUT2D eigenvalue weighted by molar-refractivity contribution is 5.92. The molecule has 4 N–H and O–H groups in total. The number of hydrogen-bond acceptors (Lipinski definition) is 2. The van der Waals surface area contributed by atoms with Crippen molar-refractivity contribution in [3.63, 3.8) is 0 Å². The van der Waals surface area contributed by atoms with Gasteiger partial charge in [0.25, 0.3) is 0 Å². The second-order valence-corrected chi connectivity index (χ2v) is 6.10. The quantitative estimate of drug-likeness (QED) is 0.727. The minimum atomic E-state index is -0.469. The zero-order chi connectivity index (χ0) is 18.4. The number of carbonyl (C=O) groups is 2. The Morgan fingerprint density at radius 1 is 0.640 bits per heavy atom. The lowest BCUT2D eigenvalue weighted by Crippen LogP contribution is -2.14. The van der Waals surface area contributed by atoms with Gasteiger partial charge >= 0.3 is 0 Å². The Labute approximate surface area is 147 Å². The summed E-state index contributed by atoms with van der Waals surface area (Å²) in [6.07, 6.45) is 1.73. The Morgan fingerprint density at radius 3 is 1.20 bits per heavy atom. The van der Waals surface area contributed by atoms with Gasteiger partial charge in [-0.1, -0.05) is 61.7 Å². The Morgan fingerprint density at radius 2 is 0.920 bits per heavy atom. The Bertz CT molecular complexity index is 733. The molecule has 2 amide bonds. The highest BCUT2D eigenvalue weighted by atomic mass is 16.1. The number of rotatable bonds is 8. The zero-order valence-corrected chi connectivity index (χ0v) is 14.1. The lowest BCUT2D eigenvalue weighted by Gasteiger charge is -2.07. The SMILES string of the molecule is C=C(Cc1ccc(Cc2ccc(CC(=C)C(N)=O)cc2)cc1)C(N)=O. The molecule has 0 atom stereocenters. The van der Waals surface area contributed by atoms with Crippen LogP contribution in [-0.4, -0.2) is 11.8 Å². The van der Waals surface area contributed by atoms with Crippen molar-refractivity contribution in [2.45, 2.75) is 19.3 Å². The first-order chi connectivity index (χ1) is 11.8. The minimum absolute atomic E-state index is 0.404. The second kappa shape index (κ2) is 8.11. The van der Waals surface area contributed by atoms with Crippen LogP contribution in [0.2, 0.25) is 0 Å². The molecule has 0 saturated carbocycles. The number of carbonyl (C=O) groups excluding carboxylic acids is 2. The Balaban J connectivity index is 1.98. The van der Waals surface area contributed by atoms with Gasteiger partial charge in [0.05, 0.1) is 0 Å². The van der Waals surface area contributed by atoms with Gasteiger partial charge in [0.1, 0.15) is 0 Å². The molecular formula is C21H22N2O2. The third-order valence-electron chi connectivity index (χ3n) is 3.99. The standard InChI is InChI=1S/C21H22N2O2/c1-14(20(22)24)11-16-3-7-18(8-4-16)13-19-9-5-17(6-10-19)12-15(2)21(23)25/h3-10H,1-2,11-13H2,(H2,22,24)(H2,23,25). The molecule has 0 spiro atoms. The highest BCUT2D eigenvalue weighted by Gasteiger charge is 2.05. The smallest absolute Gasteiger partial charge is 0.244 e.